The zero-order valence-corrected chi connectivity index (χ0v) is 13.3. The number of rotatable bonds is 8. The molecular weight excluding hydrogens is 252 g/mol. The summed E-state index contributed by atoms with van der Waals surface area (Å²) in [7, 11) is 1.69. The Bertz CT molecular complexity index is 415. The second kappa shape index (κ2) is 8.25. The van der Waals surface area contributed by atoms with Gasteiger partial charge in [0.15, 0.2) is 0 Å². The molecule has 0 fully saturated rings. The minimum absolute atomic E-state index is 0.000457. The lowest BCUT2D eigenvalue weighted by Crippen LogP contribution is -2.38. The zero-order chi connectivity index (χ0) is 15.1. The van der Waals surface area contributed by atoms with Crippen LogP contribution >= 0.6 is 0 Å². The van der Waals surface area contributed by atoms with Gasteiger partial charge in [-0.2, -0.15) is 0 Å². The van der Waals surface area contributed by atoms with Gasteiger partial charge in [-0.25, -0.2) is 0 Å². The van der Waals surface area contributed by atoms with Crippen molar-refractivity contribution in [2.24, 2.45) is 5.84 Å². The fourth-order valence-corrected chi connectivity index (χ4v) is 2.61. The number of ether oxygens (including phenoxy) is 2. The summed E-state index contributed by atoms with van der Waals surface area (Å²) < 4.78 is 11.2. The molecule has 0 spiro atoms. The zero-order valence-electron chi connectivity index (χ0n) is 13.3. The molecule has 1 aromatic rings. The van der Waals surface area contributed by atoms with Gasteiger partial charge in [-0.1, -0.05) is 19.4 Å². The van der Waals surface area contributed by atoms with Crippen LogP contribution in [-0.4, -0.2) is 19.8 Å². The summed E-state index contributed by atoms with van der Waals surface area (Å²) in [6.07, 6.45) is 2.13. The van der Waals surface area contributed by atoms with Crippen molar-refractivity contribution in [2.75, 3.05) is 13.7 Å². The van der Waals surface area contributed by atoms with E-state index in [4.69, 9.17) is 15.3 Å². The first-order valence-corrected chi connectivity index (χ1v) is 7.31. The van der Waals surface area contributed by atoms with Crippen molar-refractivity contribution in [3.63, 3.8) is 0 Å². The monoisotopic (exact) mass is 280 g/mol. The SMILES string of the molecule is CCCC(OCC)C(NN)c1cc(C)c(OC)cc1C. The molecule has 0 heterocycles. The first kappa shape index (κ1) is 17.0. The molecule has 20 heavy (non-hydrogen) atoms. The molecule has 0 radical (unpaired) electrons. The van der Waals surface area contributed by atoms with E-state index in [1.54, 1.807) is 7.11 Å². The lowest BCUT2D eigenvalue weighted by atomic mass is 9.93. The topological polar surface area (TPSA) is 56.5 Å². The van der Waals surface area contributed by atoms with Gasteiger partial charge in [0.05, 0.1) is 19.3 Å². The third-order valence-electron chi connectivity index (χ3n) is 3.62. The summed E-state index contributed by atoms with van der Waals surface area (Å²) in [5.74, 6) is 6.70. The minimum Gasteiger partial charge on any atom is -0.496 e. The Hall–Kier alpha value is -1.10. The lowest BCUT2D eigenvalue weighted by Gasteiger charge is -2.28. The summed E-state index contributed by atoms with van der Waals surface area (Å²) in [6.45, 7) is 8.99. The molecule has 0 aliphatic rings. The number of nitrogens with one attached hydrogen (secondary N) is 1. The van der Waals surface area contributed by atoms with Gasteiger partial charge >= 0.3 is 0 Å². The number of hydrogen-bond donors (Lipinski definition) is 2. The normalized spacial score (nSPS) is 14.1. The molecule has 0 aliphatic heterocycles. The van der Waals surface area contributed by atoms with Gasteiger partial charge < -0.3 is 9.47 Å². The summed E-state index contributed by atoms with van der Waals surface area (Å²) in [6, 6.07) is 4.20. The molecule has 0 saturated carbocycles. The van der Waals surface area contributed by atoms with Crippen LogP contribution in [0.3, 0.4) is 0 Å². The molecule has 3 N–H and O–H groups in total. The Morgan fingerprint density at radius 1 is 1.20 bits per heavy atom. The molecule has 0 aliphatic carbocycles. The predicted octanol–water partition coefficient (Wildman–Crippen LogP) is 3.02. The van der Waals surface area contributed by atoms with Crippen LogP contribution in [0.5, 0.6) is 5.75 Å². The fraction of sp³-hybridized carbons (Fsp3) is 0.625. The molecular formula is C16H28N2O2. The van der Waals surface area contributed by atoms with E-state index in [2.05, 4.69) is 31.4 Å². The van der Waals surface area contributed by atoms with Crippen molar-refractivity contribution in [3.8, 4) is 5.75 Å². The molecule has 1 rings (SSSR count). The Labute approximate surface area is 122 Å². The van der Waals surface area contributed by atoms with Crippen molar-refractivity contribution in [2.45, 2.75) is 52.7 Å². The molecule has 2 atom stereocenters. The van der Waals surface area contributed by atoms with Crippen LogP contribution in [0.25, 0.3) is 0 Å². The van der Waals surface area contributed by atoms with Crippen LogP contribution in [-0.2, 0) is 4.74 Å². The fourth-order valence-electron chi connectivity index (χ4n) is 2.61. The van der Waals surface area contributed by atoms with E-state index in [0.29, 0.717) is 6.61 Å². The Balaban J connectivity index is 3.13. The Kier molecular flexibility index (Phi) is 6.99. The average molecular weight is 280 g/mol. The second-order valence-electron chi connectivity index (χ2n) is 5.11. The number of nitrogens with two attached hydrogens (primary N) is 1. The molecule has 114 valence electrons. The van der Waals surface area contributed by atoms with Crippen molar-refractivity contribution < 1.29 is 9.47 Å². The van der Waals surface area contributed by atoms with E-state index in [0.717, 1.165) is 29.7 Å². The van der Waals surface area contributed by atoms with Crippen molar-refractivity contribution >= 4 is 0 Å². The minimum atomic E-state index is -0.000457. The summed E-state index contributed by atoms with van der Waals surface area (Å²) in [5.41, 5.74) is 6.38. The number of benzene rings is 1. The number of hydrazine groups is 1. The van der Waals surface area contributed by atoms with Gasteiger partial charge in [0.2, 0.25) is 0 Å². The number of methoxy groups -OCH3 is 1. The van der Waals surface area contributed by atoms with Crippen LogP contribution in [0.15, 0.2) is 12.1 Å². The number of hydrogen-bond acceptors (Lipinski definition) is 4. The van der Waals surface area contributed by atoms with Crippen LogP contribution < -0.4 is 16.0 Å². The first-order valence-electron chi connectivity index (χ1n) is 7.31. The van der Waals surface area contributed by atoms with E-state index in [1.165, 1.54) is 5.56 Å². The summed E-state index contributed by atoms with van der Waals surface area (Å²) >= 11 is 0. The Morgan fingerprint density at radius 2 is 1.90 bits per heavy atom. The molecule has 4 nitrogen and oxygen atoms in total. The molecule has 0 aromatic heterocycles. The smallest absolute Gasteiger partial charge is 0.122 e. The number of aryl methyl sites for hydroxylation is 2. The third-order valence-corrected chi connectivity index (χ3v) is 3.62. The van der Waals surface area contributed by atoms with E-state index >= 15 is 0 Å². The standard InChI is InChI=1S/C16H28N2O2/c1-6-8-14(20-7-2)16(18-17)13-9-12(4)15(19-5)10-11(13)3/h9-10,14,16,18H,6-8,17H2,1-5H3. The molecule has 0 bridgehead atoms. The van der Waals surface area contributed by atoms with E-state index in [-0.39, 0.29) is 12.1 Å². The predicted molar refractivity (Wildman–Crippen MR) is 82.9 cm³/mol. The van der Waals surface area contributed by atoms with Crippen molar-refractivity contribution in [1.82, 2.24) is 5.43 Å². The van der Waals surface area contributed by atoms with Crippen LogP contribution in [0, 0.1) is 13.8 Å². The van der Waals surface area contributed by atoms with E-state index < -0.39 is 0 Å². The van der Waals surface area contributed by atoms with Crippen LogP contribution in [0.2, 0.25) is 0 Å². The van der Waals surface area contributed by atoms with Crippen LogP contribution in [0.1, 0.15) is 49.4 Å². The van der Waals surface area contributed by atoms with Gasteiger partial charge in [-0.05, 0) is 49.9 Å². The maximum Gasteiger partial charge on any atom is 0.122 e. The van der Waals surface area contributed by atoms with Crippen LogP contribution in [0.4, 0.5) is 0 Å². The highest BCUT2D eigenvalue weighted by atomic mass is 16.5. The molecule has 0 amide bonds. The van der Waals surface area contributed by atoms with Gasteiger partial charge in [0, 0.05) is 6.61 Å². The van der Waals surface area contributed by atoms with Crippen molar-refractivity contribution in [3.05, 3.63) is 28.8 Å². The highest BCUT2D eigenvalue weighted by Gasteiger charge is 2.24. The summed E-state index contributed by atoms with van der Waals surface area (Å²) in [4.78, 5) is 0. The Morgan fingerprint density at radius 3 is 2.40 bits per heavy atom. The van der Waals surface area contributed by atoms with Gasteiger partial charge in [-0.15, -0.1) is 0 Å². The van der Waals surface area contributed by atoms with Gasteiger partial charge in [0.25, 0.3) is 0 Å². The summed E-state index contributed by atoms with van der Waals surface area (Å²) in [5, 5.41) is 0. The third kappa shape index (κ3) is 3.95. The van der Waals surface area contributed by atoms with Gasteiger partial charge in [-0.3, -0.25) is 11.3 Å². The van der Waals surface area contributed by atoms with E-state index in [1.807, 2.05) is 13.8 Å². The maximum atomic E-state index is 5.87. The van der Waals surface area contributed by atoms with E-state index in [9.17, 15) is 0 Å². The highest BCUT2D eigenvalue weighted by Crippen LogP contribution is 2.30. The molecule has 1 aromatic carbocycles. The molecule has 4 heteroatoms. The largest absolute Gasteiger partial charge is 0.496 e. The second-order valence-corrected chi connectivity index (χ2v) is 5.11. The molecule has 0 saturated heterocycles. The molecule has 2 unspecified atom stereocenters. The lowest BCUT2D eigenvalue weighted by molar-refractivity contribution is 0.0274. The maximum absolute atomic E-state index is 5.87. The first-order chi connectivity index (χ1) is 9.58. The highest BCUT2D eigenvalue weighted by molar-refractivity contribution is 5.43. The average Bonchev–Trinajstić information content (AvgIpc) is 2.43. The van der Waals surface area contributed by atoms with Crippen molar-refractivity contribution in [1.29, 1.82) is 0 Å². The quantitative estimate of drug-likeness (QED) is 0.568. The van der Waals surface area contributed by atoms with Gasteiger partial charge in [0.1, 0.15) is 5.75 Å².